The molecule has 0 radical (unpaired) electrons. The van der Waals surface area contributed by atoms with Crippen LogP contribution in [-0.2, 0) is 0 Å². The Bertz CT molecular complexity index is 1230. The first kappa shape index (κ1) is 23.6. The van der Waals surface area contributed by atoms with Crippen LogP contribution < -0.4 is 20.2 Å². The molecule has 1 amide bonds. The molecule has 0 bridgehead atoms. The highest BCUT2D eigenvalue weighted by Gasteiger charge is 2.19. The van der Waals surface area contributed by atoms with Crippen molar-refractivity contribution in [3.05, 3.63) is 86.4 Å². The molecule has 170 valence electrons. The summed E-state index contributed by atoms with van der Waals surface area (Å²) >= 11 is 6.12. The lowest BCUT2D eigenvalue weighted by atomic mass is 10.1. The first-order chi connectivity index (χ1) is 15.8. The van der Waals surface area contributed by atoms with Crippen LogP contribution in [0.5, 0.6) is 11.5 Å². The van der Waals surface area contributed by atoms with Crippen LogP contribution in [0, 0.1) is 17.0 Å². The second kappa shape index (κ2) is 10.5. The van der Waals surface area contributed by atoms with Gasteiger partial charge < -0.3 is 14.8 Å². The number of nitrogens with zero attached hydrogens (tertiary/aromatic N) is 2. The van der Waals surface area contributed by atoms with E-state index >= 15 is 0 Å². The Morgan fingerprint density at radius 3 is 2.42 bits per heavy atom. The average Bonchev–Trinajstić information content (AvgIpc) is 2.80. The number of hydrogen-bond acceptors (Lipinski definition) is 7. The molecule has 2 N–H and O–H groups in total. The molecule has 33 heavy (non-hydrogen) atoms. The van der Waals surface area contributed by atoms with Gasteiger partial charge in [-0.2, -0.15) is 5.10 Å². The molecule has 10 heteroatoms. The SMILES string of the molecule is COc1cc(/C=N/NC(=O)c2ccc(Cl)cc2Nc2ccccc2C)c([N+](=O)[O-])cc1OC. The zero-order chi connectivity index (χ0) is 24.0. The highest BCUT2D eigenvalue weighted by Crippen LogP contribution is 2.33. The number of nitro benzene ring substituents is 1. The number of aryl methyl sites for hydroxylation is 1. The van der Waals surface area contributed by atoms with E-state index < -0.39 is 10.8 Å². The minimum absolute atomic E-state index is 0.132. The number of hydrogen-bond donors (Lipinski definition) is 2. The first-order valence-corrected chi connectivity index (χ1v) is 10.1. The summed E-state index contributed by atoms with van der Waals surface area (Å²) < 4.78 is 10.3. The van der Waals surface area contributed by atoms with Gasteiger partial charge in [-0.25, -0.2) is 5.43 Å². The van der Waals surface area contributed by atoms with Gasteiger partial charge in [0, 0.05) is 10.7 Å². The van der Waals surface area contributed by atoms with E-state index in [1.54, 1.807) is 18.2 Å². The zero-order valence-corrected chi connectivity index (χ0v) is 18.8. The topological polar surface area (TPSA) is 115 Å². The van der Waals surface area contributed by atoms with E-state index in [0.717, 1.165) is 11.3 Å². The average molecular weight is 469 g/mol. The molecule has 0 unspecified atom stereocenters. The van der Waals surface area contributed by atoms with Crippen LogP contribution in [-0.4, -0.2) is 31.3 Å². The van der Waals surface area contributed by atoms with Gasteiger partial charge in [0.15, 0.2) is 11.5 Å². The van der Waals surface area contributed by atoms with Crippen molar-refractivity contribution >= 4 is 40.8 Å². The van der Waals surface area contributed by atoms with E-state index in [4.69, 9.17) is 21.1 Å². The van der Waals surface area contributed by atoms with Crippen molar-refractivity contribution in [3.8, 4) is 11.5 Å². The van der Waals surface area contributed by atoms with Crippen molar-refractivity contribution in [1.82, 2.24) is 5.43 Å². The number of rotatable bonds is 8. The van der Waals surface area contributed by atoms with E-state index in [-0.39, 0.29) is 17.0 Å². The van der Waals surface area contributed by atoms with Crippen molar-refractivity contribution in [2.24, 2.45) is 5.10 Å². The van der Waals surface area contributed by atoms with E-state index in [9.17, 15) is 14.9 Å². The number of carbonyl (C=O) groups excluding carboxylic acids is 1. The molecule has 0 heterocycles. The normalized spacial score (nSPS) is 10.7. The van der Waals surface area contributed by atoms with Crippen LogP contribution in [0.4, 0.5) is 17.1 Å². The molecular formula is C23H21ClN4O5. The van der Waals surface area contributed by atoms with Crippen LogP contribution in [0.15, 0.2) is 59.7 Å². The molecule has 0 spiro atoms. The number of para-hydroxylation sites is 1. The van der Waals surface area contributed by atoms with Gasteiger partial charge in [-0.15, -0.1) is 0 Å². The highest BCUT2D eigenvalue weighted by molar-refractivity contribution is 6.31. The molecule has 0 aliphatic rings. The molecule has 3 aromatic carbocycles. The van der Waals surface area contributed by atoms with Gasteiger partial charge in [0.05, 0.1) is 48.2 Å². The Morgan fingerprint density at radius 1 is 1.06 bits per heavy atom. The second-order valence-corrected chi connectivity index (χ2v) is 7.29. The molecule has 0 saturated heterocycles. The number of nitrogens with one attached hydrogen (secondary N) is 2. The molecule has 3 aromatic rings. The number of benzene rings is 3. The quantitative estimate of drug-likeness (QED) is 0.270. The van der Waals surface area contributed by atoms with Crippen LogP contribution in [0.3, 0.4) is 0 Å². The van der Waals surface area contributed by atoms with Crippen molar-refractivity contribution in [3.63, 3.8) is 0 Å². The second-order valence-electron chi connectivity index (χ2n) is 6.85. The molecule has 0 aromatic heterocycles. The van der Waals surface area contributed by atoms with Gasteiger partial charge in [0.2, 0.25) is 0 Å². The van der Waals surface area contributed by atoms with Gasteiger partial charge in [0.25, 0.3) is 11.6 Å². The summed E-state index contributed by atoms with van der Waals surface area (Å²) in [5, 5.41) is 19.0. The molecule has 0 aliphatic heterocycles. The van der Waals surface area contributed by atoms with Gasteiger partial charge in [-0.3, -0.25) is 14.9 Å². The van der Waals surface area contributed by atoms with Gasteiger partial charge in [-0.1, -0.05) is 29.8 Å². The highest BCUT2D eigenvalue weighted by atomic mass is 35.5. The maximum atomic E-state index is 12.8. The standard InChI is InChI=1S/C23H21ClN4O5/c1-14-6-4-5-7-18(14)26-19-11-16(24)8-9-17(19)23(29)27-25-13-15-10-21(32-2)22(33-3)12-20(15)28(30)31/h4-13,26H,1-3H3,(H,27,29)/b25-13+. The fourth-order valence-electron chi connectivity index (χ4n) is 3.04. The fraction of sp³-hybridized carbons (Fsp3) is 0.130. The number of hydrazone groups is 1. The number of carbonyl (C=O) groups is 1. The van der Waals surface area contributed by atoms with Crippen LogP contribution in [0.2, 0.25) is 5.02 Å². The maximum absolute atomic E-state index is 12.8. The summed E-state index contributed by atoms with van der Waals surface area (Å²) in [6.07, 6.45) is 1.17. The van der Waals surface area contributed by atoms with Crippen LogP contribution >= 0.6 is 11.6 Å². The third-order valence-electron chi connectivity index (χ3n) is 4.74. The fourth-order valence-corrected chi connectivity index (χ4v) is 3.21. The molecule has 9 nitrogen and oxygen atoms in total. The van der Waals surface area contributed by atoms with E-state index in [1.165, 1.54) is 32.6 Å². The summed E-state index contributed by atoms with van der Waals surface area (Å²) in [7, 11) is 2.79. The predicted molar refractivity (Wildman–Crippen MR) is 127 cm³/mol. The van der Waals surface area contributed by atoms with Crippen molar-refractivity contribution in [2.45, 2.75) is 6.92 Å². The van der Waals surface area contributed by atoms with Gasteiger partial charge in [0.1, 0.15) is 0 Å². The third kappa shape index (κ3) is 5.58. The minimum atomic E-state index is -0.575. The predicted octanol–water partition coefficient (Wildman–Crippen LogP) is 5.08. The Morgan fingerprint density at radius 2 is 1.76 bits per heavy atom. The van der Waals surface area contributed by atoms with Gasteiger partial charge in [-0.05, 0) is 42.8 Å². The van der Waals surface area contributed by atoms with E-state index in [1.807, 2.05) is 31.2 Å². The number of nitro groups is 1. The van der Waals surface area contributed by atoms with Crippen LogP contribution in [0.25, 0.3) is 0 Å². The summed E-state index contributed by atoms with van der Waals surface area (Å²) in [5.41, 5.74) is 4.86. The third-order valence-corrected chi connectivity index (χ3v) is 4.98. The molecule has 3 rings (SSSR count). The summed E-state index contributed by atoms with van der Waals surface area (Å²) in [4.78, 5) is 23.6. The Balaban J connectivity index is 1.86. The monoisotopic (exact) mass is 468 g/mol. The van der Waals surface area contributed by atoms with Gasteiger partial charge >= 0.3 is 0 Å². The first-order valence-electron chi connectivity index (χ1n) is 9.70. The van der Waals surface area contributed by atoms with Crippen molar-refractivity contribution in [2.75, 3.05) is 19.5 Å². The van der Waals surface area contributed by atoms with E-state index in [0.29, 0.717) is 22.0 Å². The number of methoxy groups -OCH3 is 2. The Kier molecular flexibility index (Phi) is 7.47. The zero-order valence-electron chi connectivity index (χ0n) is 18.1. The number of halogens is 1. The minimum Gasteiger partial charge on any atom is -0.493 e. The molecule has 0 aliphatic carbocycles. The maximum Gasteiger partial charge on any atom is 0.282 e. The summed E-state index contributed by atoms with van der Waals surface area (Å²) in [5.74, 6) is -0.0288. The summed E-state index contributed by atoms with van der Waals surface area (Å²) in [6.45, 7) is 1.94. The number of ether oxygens (including phenoxy) is 2. The Hall–Kier alpha value is -4.11. The lowest BCUT2D eigenvalue weighted by Crippen LogP contribution is -2.19. The largest absolute Gasteiger partial charge is 0.493 e. The molecule has 0 atom stereocenters. The summed E-state index contributed by atoms with van der Waals surface area (Å²) in [6, 6.07) is 15.0. The lowest BCUT2D eigenvalue weighted by molar-refractivity contribution is -0.385. The Labute approximate surface area is 195 Å². The molecule has 0 saturated carbocycles. The molecular weight excluding hydrogens is 448 g/mol. The van der Waals surface area contributed by atoms with E-state index in [2.05, 4.69) is 15.8 Å². The molecule has 0 fully saturated rings. The number of anilines is 2. The number of amides is 1. The van der Waals surface area contributed by atoms with Crippen LogP contribution in [0.1, 0.15) is 21.5 Å². The van der Waals surface area contributed by atoms with Crippen molar-refractivity contribution in [1.29, 1.82) is 0 Å². The van der Waals surface area contributed by atoms with Crippen molar-refractivity contribution < 1.29 is 19.2 Å². The smallest absolute Gasteiger partial charge is 0.282 e. The lowest BCUT2D eigenvalue weighted by Gasteiger charge is -2.13.